The monoisotopic (exact) mass is 260 g/mol. The van der Waals surface area contributed by atoms with Gasteiger partial charge in [-0.1, -0.05) is 0 Å². The van der Waals surface area contributed by atoms with E-state index < -0.39 is 5.91 Å². The number of nitrogens with two attached hydrogens (primary N) is 1. The number of hydrogen-bond acceptors (Lipinski definition) is 3. The molecule has 0 fully saturated rings. The van der Waals surface area contributed by atoms with Gasteiger partial charge in [0.05, 0.1) is 5.00 Å². The molecule has 2 heterocycles. The maximum absolute atomic E-state index is 12.1. The molecule has 0 saturated heterocycles. The Hall–Kier alpha value is -1.88. The Morgan fingerprint density at radius 1 is 1.39 bits per heavy atom. The SMILES string of the molecule is NC(=O)c1cn(-c2cccs2)c2c(c1=O)CCC2. The third-order valence-corrected chi connectivity index (χ3v) is 4.13. The van der Waals surface area contributed by atoms with E-state index in [0.29, 0.717) is 0 Å². The van der Waals surface area contributed by atoms with Crippen LogP contribution in [0.2, 0.25) is 0 Å². The fourth-order valence-electron chi connectivity index (χ4n) is 2.45. The van der Waals surface area contributed by atoms with Crippen molar-refractivity contribution < 1.29 is 4.79 Å². The van der Waals surface area contributed by atoms with Crippen molar-refractivity contribution in [2.24, 2.45) is 5.73 Å². The maximum Gasteiger partial charge on any atom is 0.254 e. The highest BCUT2D eigenvalue weighted by Crippen LogP contribution is 2.25. The van der Waals surface area contributed by atoms with E-state index in [4.69, 9.17) is 5.73 Å². The van der Waals surface area contributed by atoms with Crippen LogP contribution in [0, 0.1) is 0 Å². The first-order valence-electron chi connectivity index (χ1n) is 5.79. The number of hydrogen-bond donors (Lipinski definition) is 1. The van der Waals surface area contributed by atoms with Gasteiger partial charge in [-0.2, -0.15) is 0 Å². The van der Waals surface area contributed by atoms with Crippen molar-refractivity contribution in [3.8, 4) is 5.00 Å². The molecule has 92 valence electrons. The summed E-state index contributed by atoms with van der Waals surface area (Å²) in [6.07, 6.45) is 4.15. The second-order valence-electron chi connectivity index (χ2n) is 4.34. The Kier molecular flexibility index (Phi) is 2.56. The number of thiophene rings is 1. The number of aromatic nitrogens is 1. The Labute approximate surface area is 108 Å². The van der Waals surface area contributed by atoms with Crippen molar-refractivity contribution in [3.05, 3.63) is 50.8 Å². The average Bonchev–Trinajstić information content (AvgIpc) is 3.00. The first-order chi connectivity index (χ1) is 8.68. The molecule has 2 aromatic rings. The molecule has 1 aliphatic rings. The zero-order valence-corrected chi connectivity index (χ0v) is 10.5. The summed E-state index contributed by atoms with van der Waals surface area (Å²) in [5.41, 5.74) is 6.95. The van der Waals surface area contributed by atoms with Crippen LogP contribution >= 0.6 is 11.3 Å². The molecule has 2 aromatic heterocycles. The number of rotatable bonds is 2. The van der Waals surface area contributed by atoms with E-state index >= 15 is 0 Å². The van der Waals surface area contributed by atoms with Gasteiger partial charge in [0.15, 0.2) is 5.43 Å². The normalized spacial score (nSPS) is 13.6. The number of amides is 1. The van der Waals surface area contributed by atoms with Crippen LogP contribution in [0.15, 0.2) is 28.5 Å². The van der Waals surface area contributed by atoms with Gasteiger partial charge >= 0.3 is 0 Å². The molecular weight excluding hydrogens is 248 g/mol. The van der Waals surface area contributed by atoms with Gasteiger partial charge in [-0.3, -0.25) is 9.59 Å². The van der Waals surface area contributed by atoms with Crippen molar-refractivity contribution in [2.45, 2.75) is 19.3 Å². The lowest BCUT2D eigenvalue weighted by Crippen LogP contribution is -2.26. The van der Waals surface area contributed by atoms with E-state index in [-0.39, 0.29) is 11.0 Å². The minimum Gasteiger partial charge on any atom is -0.365 e. The molecule has 0 atom stereocenters. The summed E-state index contributed by atoms with van der Waals surface area (Å²) in [6, 6.07) is 3.92. The molecule has 0 saturated carbocycles. The molecule has 2 N–H and O–H groups in total. The molecule has 1 aliphatic carbocycles. The smallest absolute Gasteiger partial charge is 0.254 e. The Morgan fingerprint density at radius 3 is 2.89 bits per heavy atom. The molecule has 18 heavy (non-hydrogen) atoms. The highest BCUT2D eigenvalue weighted by Gasteiger charge is 2.22. The number of carbonyl (C=O) groups is 1. The predicted molar refractivity (Wildman–Crippen MR) is 70.5 cm³/mol. The second kappa shape index (κ2) is 4.10. The fourth-order valence-corrected chi connectivity index (χ4v) is 3.18. The summed E-state index contributed by atoms with van der Waals surface area (Å²) in [4.78, 5) is 23.5. The van der Waals surface area contributed by atoms with Crippen LogP contribution in [0.4, 0.5) is 0 Å². The average molecular weight is 260 g/mol. The van der Waals surface area contributed by atoms with Crippen LogP contribution in [0.25, 0.3) is 5.00 Å². The number of carbonyl (C=O) groups excluding carboxylic acids is 1. The van der Waals surface area contributed by atoms with Gasteiger partial charge in [-0.15, -0.1) is 11.3 Å². The van der Waals surface area contributed by atoms with Gasteiger partial charge in [-0.05, 0) is 36.8 Å². The van der Waals surface area contributed by atoms with Crippen molar-refractivity contribution in [1.29, 1.82) is 0 Å². The molecule has 4 nitrogen and oxygen atoms in total. The Balaban J connectivity index is 2.33. The summed E-state index contributed by atoms with van der Waals surface area (Å²) in [5, 5.41) is 2.98. The van der Waals surface area contributed by atoms with Gasteiger partial charge in [-0.25, -0.2) is 0 Å². The van der Waals surface area contributed by atoms with Crippen molar-refractivity contribution in [3.63, 3.8) is 0 Å². The molecule has 0 aliphatic heterocycles. The van der Waals surface area contributed by atoms with Gasteiger partial charge in [0, 0.05) is 17.5 Å². The third-order valence-electron chi connectivity index (χ3n) is 3.27. The summed E-state index contributed by atoms with van der Waals surface area (Å²) < 4.78 is 1.94. The molecule has 0 aromatic carbocycles. The summed E-state index contributed by atoms with van der Waals surface area (Å²) in [6.45, 7) is 0. The molecule has 0 bridgehead atoms. The van der Waals surface area contributed by atoms with Gasteiger partial charge in [0.2, 0.25) is 0 Å². The van der Waals surface area contributed by atoms with Crippen LogP contribution in [-0.2, 0) is 12.8 Å². The lowest BCUT2D eigenvalue weighted by atomic mass is 10.1. The van der Waals surface area contributed by atoms with E-state index in [2.05, 4.69) is 0 Å². The lowest BCUT2D eigenvalue weighted by molar-refractivity contribution is 0.0998. The first kappa shape index (κ1) is 11.2. The lowest BCUT2D eigenvalue weighted by Gasteiger charge is -2.12. The Morgan fingerprint density at radius 2 is 2.22 bits per heavy atom. The maximum atomic E-state index is 12.1. The van der Waals surface area contributed by atoms with E-state index in [0.717, 1.165) is 35.5 Å². The minimum atomic E-state index is -0.653. The van der Waals surface area contributed by atoms with Gasteiger partial charge in [0.25, 0.3) is 5.91 Å². The number of nitrogens with zero attached hydrogens (tertiary/aromatic N) is 1. The van der Waals surface area contributed by atoms with Gasteiger partial charge in [0.1, 0.15) is 5.56 Å². The molecule has 0 spiro atoms. The zero-order chi connectivity index (χ0) is 12.7. The van der Waals surface area contributed by atoms with Crippen LogP contribution in [0.3, 0.4) is 0 Å². The first-order valence-corrected chi connectivity index (χ1v) is 6.67. The molecular formula is C13H12N2O2S. The van der Waals surface area contributed by atoms with Crippen LogP contribution in [-0.4, -0.2) is 10.5 Å². The minimum absolute atomic E-state index is 0.0871. The van der Waals surface area contributed by atoms with E-state index in [1.54, 1.807) is 17.5 Å². The van der Waals surface area contributed by atoms with Crippen LogP contribution in [0.5, 0.6) is 0 Å². The van der Waals surface area contributed by atoms with E-state index in [1.807, 2.05) is 22.1 Å². The zero-order valence-electron chi connectivity index (χ0n) is 9.68. The van der Waals surface area contributed by atoms with E-state index in [9.17, 15) is 9.59 Å². The van der Waals surface area contributed by atoms with Gasteiger partial charge < -0.3 is 10.3 Å². The molecule has 3 rings (SSSR count). The quantitative estimate of drug-likeness (QED) is 0.889. The third kappa shape index (κ3) is 1.59. The molecule has 1 amide bonds. The van der Waals surface area contributed by atoms with E-state index in [1.165, 1.54) is 0 Å². The highest BCUT2D eigenvalue weighted by atomic mass is 32.1. The number of fused-ring (bicyclic) bond motifs is 1. The standard InChI is InChI=1S/C13H12N2O2S/c14-13(17)9-7-15(11-5-2-6-18-11)10-4-1-3-8(10)12(9)16/h2,5-7H,1,3-4H2,(H2,14,17). The van der Waals surface area contributed by atoms with Crippen molar-refractivity contribution >= 4 is 17.2 Å². The summed E-state index contributed by atoms with van der Waals surface area (Å²) in [7, 11) is 0. The van der Waals surface area contributed by atoms with Crippen LogP contribution in [0.1, 0.15) is 28.0 Å². The molecule has 0 unspecified atom stereocenters. The number of pyridine rings is 1. The summed E-state index contributed by atoms with van der Waals surface area (Å²) >= 11 is 1.58. The largest absolute Gasteiger partial charge is 0.365 e. The molecule has 0 radical (unpaired) electrons. The van der Waals surface area contributed by atoms with Crippen molar-refractivity contribution in [1.82, 2.24) is 4.57 Å². The van der Waals surface area contributed by atoms with Crippen molar-refractivity contribution in [2.75, 3.05) is 0 Å². The highest BCUT2D eigenvalue weighted by molar-refractivity contribution is 7.12. The second-order valence-corrected chi connectivity index (χ2v) is 5.26. The van der Waals surface area contributed by atoms with Crippen LogP contribution < -0.4 is 11.2 Å². The fraction of sp³-hybridized carbons (Fsp3) is 0.231. The number of primary amides is 1. The topological polar surface area (TPSA) is 65.1 Å². The molecule has 5 heteroatoms. The predicted octanol–water partition coefficient (Wildman–Crippen LogP) is 1.49. The Bertz CT molecular complexity index is 671. The summed E-state index contributed by atoms with van der Waals surface area (Å²) in [5.74, 6) is -0.653.